The van der Waals surface area contributed by atoms with Crippen LogP contribution in [-0.4, -0.2) is 35.1 Å². The summed E-state index contributed by atoms with van der Waals surface area (Å²) in [5, 5.41) is 1.89. The maximum absolute atomic E-state index is 13.1. The molecule has 2 aromatic carbocycles. The molecule has 0 aliphatic rings. The van der Waals surface area contributed by atoms with E-state index in [1.54, 1.807) is 24.3 Å². The van der Waals surface area contributed by atoms with Crippen molar-refractivity contribution in [2.75, 3.05) is 26.7 Å². The molecule has 0 fully saturated rings. The second-order valence-electron chi connectivity index (χ2n) is 5.23. The van der Waals surface area contributed by atoms with Crippen molar-refractivity contribution in [2.45, 2.75) is 9.79 Å². The number of benzene rings is 2. The van der Waals surface area contributed by atoms with Crippen molar-refractivity contribution < 1.29 is 8.42 Å². The first-order valence-corrected chi connectivity index (χ1v) is 12.6. The Kier molecular flexibility index (Phi) is 5.20. The fraction of sp³-hybridized carbons (Fsp3) is 0.250. The molecule has 0 aliphatic carbocycles. The van der Waals surface area contributed by atoms with Gasteiger partial charge in [0, 0.05) is 0 Å². The van der Waals surface area contributed by atoms with Gasteiger partial charge in [-0.1, -0.05) is 52.2 Å². The van der Waals surface area contributed by atoms with Gasteiger partial charge in [-0.05, 0) is 49.4 Å². The molecule has 0 spiro atoms. The van der Waals surface area contributed by atoms with Crippen molar-refractivity contribution in [1.29, 1.82) is 0 Å². The number of hydrogen-bond donors (Lipinski definition) is 0. The van der Waals surface area contributed by atoms with Gasteiger partial charge in [-0.2, -0.15) is 0 Å². The first kappa shape index (κ1) is 16.6. The Morgan fingerprint density at radius 3 is 1.33 bits per heavy atom. The van der Waals surface area contributed by atoms with E-state index in [0.717, 1.165) is 10.6 Å². The largest absolute Gasteiger partial charge is 0.218 e. The average molecular weight is 338 g/mol. The number of rotatable bonds is 4. The summed E-state index contributed by atoms with van der Waals surface area (Å²) in [4.78, 5) is 0.927. The molecule has 0 saturated carbocycles. The van der Waals surface area contributed by atoms with Crippen molar-refractivity contribution in [1.82, 2.24) is 0 Å². The molecule has 0 N–H and O–H groups in total. The quantitative estimate of drug-likeness (QED) is 0.802. The Morgan fingerprint density at radius 1 is 0.667 bits per heavy atom. The third kappa shape index (κ3) is 3.37. The van der Waals surface area contributed by atoms with E-state index >= 15 is 0 Å². The van der Waals surface area contributed by atoms with Crippen molar-refractivity contribution in [3.8, 4) is 0 Å². The maximum Gasteiger partial charge on any atom is 0.207 e. The Balaban J connectivity index is 2.70. The van der Waals surface area contributed by atoms with Crippen molar-refractivity contribution in [3.05, 3.63) is 48.5 Å². The summed E-state index contributed by atoms with van der Waals surface area (Å²) < 4.78 is 26.2. The van der Waals surface area contributed by atoms with Crippen molar-refractivity contribution >= 4 is 36.3 Å². The van der Waals surface area contributed by atoms with Gasteiger partial charge in [-0.25, -0.2) is 8.42 Å². The highest BCUT2D eigenvalue weighted by atomic mass is 32.2. The smallest absolute Gasteiger partial charge is 0.207 e. The molecule has 0 aliphatic heterocycles. The van der Waals surface area contributed by atoms with Crippen LogP contribution in [-0.2, 0) is 9.84 Å². The Labute approximate surface area is 130 Å². The van der Waals surface area contributed by atoms with Crippen LogP contribution in [0.25, 0.3) is 0 Å². The highest BCUT2D eigenvalue weighted by Crippen LogP contribution is 2.33. The topological polar surface area (TPSA) is 34.1 Å². The third-order valence-corrected chi connectivity index (χ3v) is 8.15. The van der Waals surface area contributed by atoms with Crippen LogP contribution in [0.1, 0.15) is 0 Å². The van der Waals surface area contributed by atoms with Gasteiger partial charge in [0.15, 0.2) is 0 Å². The van der Waals surface area contributed by atoms with Gasteiger partial charge in [0.1, 0.15) is 0 Å². The van der Waals surface area contributed by atoms with Crippen LogP contribution in [0.5, 0.6) is 0 Å². The molecule has 0 unspecified atom stereocenters. The van der Waals surface area contributed by atoms with E-state index in [-0.39, 0.29) is 0 Å². The molecule has 0 amide bonds. The SMILES string of the molecule is CP(C)c1ccccc1S(=O)(=O)c1ccccc1P(C)C. The second kappa shape index (κ2) is 6.57. The third-order valence-electron chi connectivity index (χ3n) is 3.27. The van der Waals surface area contributed by atoms with Gasteiger partial charge >= 0.3 is 0 Å². The minimum Gasteiger partial charge on any atom is -0.218 e. The lowest BCUT2D eigenvalue weighted by Gasteiger charge is -2.17. The molecule has 2 aromatic rings. The zero-order valence-electron chi connectivity index (χ0n) is 12.7. The molecule has 2 rings (SSSR count). The zero-order valence-corrected chi connectivity index (χ0v) is 15.3. The van der Waals surface area contributed by atoms with Crippen LogP contribution in [0, 0.1) is 0 Å². The van der Waals surface area contributed by atoms with Crippen molar-refractivity contribution in [3.63, 3.8) is 0 Å². The Hall–Kier alpha value is -0.750. The van der Waals surface area contributed by atoms with Crippen LogP contribution < -0.4 is 10.6 Å². The maximum atomic E-state index is 13.1. The summed E-state index contributed by atoms with van der Waals surface area (Å²) in [7, 11) is -4.40. The van der Waals surface area contributed by atoms with E-state index < -0.39 is 25.7 Å². The van der Waals surface area contributed by atoms with E-state index in [0.29, 0.717) is 9.79 Å². The lowest BCUT2D eigenvalue weighted by Crippen LogP contribution is -2.19. The highest BCUT2D eigenvalue weighted by Gasteiger charge is 2.25. The average Bonchev–Trinajstić information content (AvgIpc) is 2.47. The molecule has 0 bridgehead atoms. The lowest BCUT2D eigenvalue weighted by molar-refractivity contribution is 0.597. The van der Waals surface area contributed by atoms with Crippen LogP contribution in [0.3, 0.4) is 0 Å². The summed E-state index contributed by atoms with van der Waals surface area (Å²) >= 11 is 0. The van der Waals surface area contributed by atoms with Crippen LogP contribution in [0.2, 0.25) is 0 Å². The predicted octanol–water partition coefficient (Wildman–Crippen LogP) is 3.25. The fourth-order valence-corrected chi connectivity index (χ4v) is 7.28. The van der Waals surface area contributed by atoms with Gasteiger partial charge in [0.05, 0.1) is 9.79 Å². The number of sulfone groups is 1. The summed E-state index contributed by atoms with van der Waals surface area (Å²) in [6.45, 7) is 8.34. The van der Waals surface area contributed by atoms with E-state index in [1.807, 2.05) is 24.3 Å². The first-order valence-electron chi connectivity index (χ1n) is 6.63. The van der Waals surface area contributed by atoms with Crippen LogP contribution in [0.15, 0.2) is 58.3 Å². The van der Waals surface area contributed by atoms with Gasteiger partial charge in [0.25, 0.3) is 0 Å². The normalized spacial score (nSPS) is 12.1. The molecule has 2 nitrogen and oxygen atoms in total. The molecule has 112 valence electrons. The summed E-state index contributed by atoms with van der Waals surface area (Å²) in [6, 6.07) is 14.8. The van der Waals surface area contributed by atoms with Gasteiger partial charge in [-0.3, -0.25) is 0 Å². The molecule has 0 atom stereocenters. The standard InChI is InChI=1S/C16H20O2P2S/c1-19(2)13-9-5-7-11-15(13)21(17,18)16-12-8-6-10-14(16)20(3)4/h5-12H,1-4H3. The molecular weight excluding hydrogens is 318 g/mol. The molecule has 0 saturated heterocycles. The van der Waals surface area contributed by atoms with Gasteiger partial charge in [0.2, 0.25) is 9.84 Å². The van der Waals surface area contributed by atoms with Gasteiger partial charge in [-0.15, -0.1) is 0 Å². The van der Waals surface area contributed by atoms with E-state index in [4.69, 9.17) is 0 Å². The number of hydrogen-bond acceptors (Lipinski definition) is 2. The Bertz CT molecular complexity index is 680. The van der Waals surface area contributed by atoms with E-state index in [2.05, 4.69) is 26.7 Å². The molecule has 5 heteroatoms. The highest BCUT2D eigenvalue weighted by molar-refractivity contribution is 7.93. The predicted molar refractivity (Wildman–Crippen MR) is 95.1 cm³/mol. The van der Waals surface area contributed by atoms with Crippen LogP contribution >= 0.6 is 15.8 Å². The molecule has 0 aromatic heterocycles. The van der Waals surface area contributed by atoms with Crippen molar-refractivity contribution in [2.24, 2.45) is 0 Å². The molecular formula is C16H20O2P2S. The molecule has 0 radical (unpaired) electrons. The Morgan fingerprint density at radius 2 is 1.00 bits per heavy atom. The fourth-order valence-electron chi connectivity index (χ4n) is 2.23. The molecule has 0 heterocycles. The van der Waals surface area contributed by atoms with Crippen LogP contribution in [0.4, 0.5) is 0 Å². The second-order valence-corrected chi connectivity index (χ2v) is 11.7. The minimum atomic E-state index is -3.46. The van der Waals surface area contributed by atoms with Gasteiger partial charge < -0.3 is 0 Å². The van der Waals surface area contributed by atoms with E-state index in [1.165, 1.54) is 0 Å². The first-order chi connectivity index (χ1) is 9.85. The zero-order chi connectivity index (χ0) is 15.6. The molecule has 21 heavy (non-hydrogen) atoms. The minimum absolute atomic E-state index is 0.463. The summed E-state index contributed by atoms with van der Waals surface area (Å²) in [6.07, 6.45) is 0. The summed E-state index contributed by atoms with van der Waals surface area (Å²) in [5.74, 6) is 0. The summed E-state index contributed by atoms with van der Waals surface area (Å²) in [5.41, 5.74) is 0. The van der Waals surface area contributed by atoms with E-state index in [9.17, 15) is 8.42 Å². The monoisotopic (exact) mass is 338 g/mol. The lowest BCUT2D eigenvalue weighted by atomic mass is 10.4.